The number of hydrogen-bond acceptors (Lipinski definition) is 6. The van der Waals surface area contributed by atoms with Crippen LogP contribution in [0.25, 0.3) is 5.78 Å². The summed E-state index contributed by atoms with van der Waals surface area (Å²) in [5, 5.41) is 8.56. The Hall–Kier alpha value is -2.48. The molecule has 1 aliphatic rings. The standard InChI is InChI=1S/C16H22N8/c1-14-12-15(24-16(20-14)17-13-19-24)22-10-8-21(9-11-22)5-3-7-23-6-2-4-18-23/h2,4,6,12-13H,3,5,7-11H2,1H3. The summed E-state index contributed by atoms with van der Waals surface area (Å²) in [4.78, 5) is 13.5. The van der Waals surface area contributed by atoms with E-state index in [2.05, 4.69) is 36.0 Å². The lowest BCUT2D eigenvalue weighted by molar-refractivity contribution is 0.248. The molecular weight excluding hydrogens is 304 g/mol. The molecule has 0 unspecified atom stereocenters. The van der Waals surface area contributed by atoms with Crippen LogP contribution in [0.5, 0.6) is 0 Å². The lowest BCUT2D eigenvalue weighted by Crippen LogP contribution is -2.47. The number of nitrogens with zero attached hydrogens (tertiary/aromatic N) is 8. The largest absolute Gasteiger partial charge is 0.354 e. The number of aryl methyl sites for hydroxylation is 2. The van der Waals surface area contributed by atoms with Crippen molar-refractivity contribution in [1.82, 2.24) is 34.3 Å². The van der Waals surface area contributed by atoms with Crippen molar-refractivity contribution in [3.05, 3.63) is 36.5 Å². The van der Waals surface area contributed by atoms with Gasteiger partial charge in [-0.2, -0.15) is 19.7 Å². The minimum Gasteiger partial charge on any atom is -0.354 e. The van der Waals surface area contributed by atoms with Gasteiger partial charge in [0.05, 0.1) is 0 Å². The zero-order valence-electron chi connectivity index (χ0n) is 13.9. The van der Waals surface area contributed by atoms with E-state index in [9.17, 15) is 0 Å². The van der Waals surface area contributed by atoms with Gasteiger partial charge in [0.15, 0.2) is 0 Å². The monoisotopic (exact) mass is 326 g/mol. The van der Waals surface area contributed by atoms with Crippen LogP contribution in [0.15, 0.2) is 30.9 Å². The van der Waals surface area contributed by atoms with Crippen molar-refractivity contribution >= 4 is 11.6 Å². The first kappa shape index (κ1) is 15.1. The number of aromatic nitrogens is 6. The predicted octanol–water partition coefficient (Wildman–Crippen LogP) is 0.842. The van der Waals surface area contributed by atoms with Gasteiger partial charge in [0.25, 0.3) is 5.78 Å². The first-order valence-corrected chi connectivity index (χ1v) is 8.42. The van der Waals surface area contributed by atoms with Gasteiger partial charge in [-0.25, -0.2) is 4.98 Å². The van der Waals surface area contributed by atoms with Gasteiger partial charge in [-0.05, 0) is 19.4 Å². The van der Waals surface area contributed by atoms with Crippen LogP contribution in [0, 0.1) is 6.92 Å². The Morgan fingerprint density at radius 2 is 1.96 bits per heavy atom. The highest BCUT2D eigenvalue weighted by atomic mass is 15.4. The van der Waals surface area contributed by atoms with Crippen LogP contribution < -0.4 is 4.90 Å². The van der Waals surface area contributed by atoms with Crippen LogP contribution in [0.1, 0.15) is 12.1 Å². The van der Waals surface area contributed by atoms with Crippen LogP contribution in [0.3, 0.4) is 0 Å². The smallest absolute Gasteiger partial charge is 0.254 e. The van der Waals surface area contributed by atoms with Crippen molar-refractivity contribution < 1.29 is 0 Å². The average Bonchev–Trinajstić information content (AvgIpc) is 3.26. The zero-order valence-corrected chi connectivity index (χ0v) is 13.9. The molecule has 126 valence electrons. The second kappa shape index (κ2) is 6.56. The molecule has 0 aliphatic carbocycles. The highest BCUT2D eigenvalue weighted by molar-refractivity contribution is 5.47. The van der Waals surface area contributed by atoms with Crippen molar-refractivity contribution in [2.45, 2.75) is 19.9 Å². The van der Waals surface area contributed by atoms with Gasteiger partial charge in [-0.3, -0.25) is 9.58 Å². The van der Waals surface area contributed by atoms with Crippen molar-refractivity contribution in [2.75, 3.05) is 37.6 Å². The molecule has 8 heteroatoms. The fourth-order valence-electron chi connectivity index (χ4n) is 3.23. The first-order chi connectivity index (χ1) is 11.8. The van der Waals surface area contributed by atoms with Crippen LogP contribution in [-0.2, 0) is 6.54 Å². The Morgan fingerprint density at radius 1 is 1.08 bits per heavy atom. The molecule has 4 heterocycles. The molecule has 0 spiro atoms. The summed E-state index contributed by atoms with van der Waals surface area (Å²) in [6, 6.07) is 4.06. The molecule has 24 heavy (non-hydrogen) atoms. The van der Waals surface area contributed by atoms with Crippen LogP contribution in [-0.4, -0.2) is 67.0 Å². The Balaban J connectivity index is 1.34. The van der Waals surface area contributed by atoms with Crippen molar-refractivity contribution in [3.63, 3.8) is 0 Å². The minimum absolute atomic E-state index is 0.673. The third-order valence-corrected chi connectivity index (χ3v) is 4.48. The molecule has 1 fully saturated rings. The lowest BCUT2D eigenvalue weighted by atomic mass is 10.2. The third kappa shape index (κ3) is 3.09. The number of hydrogen-bond donors (Lipinski definition) is 0. The van der Waals surface area contributed by atoms with Gasteiger partial charge in [0, 0.05) is 63.4 Å². The number of piperazine rings is 1. The minimum atomic E-state index is 0.673. The fourth-order valence-corrected chi connectivity index (χ4v) is 3.23. The molecule has 1 saturated heterocycles. The average molecular weight is 326 g/mol. The summed E-state index contributed by atoms with van der Waals surface area (Å²) in [6.07, 6.45) is 6.55. The highest BCUT2D eigenvalue weighted by Gasteiger charge is 2.20. The summed E-state index contributed by atoms with van der Waals surface area (Å²) < 4.78 is 3.83. The Labute approximate surface area is 140 Å². The van der Waals surface area contributed by atoms with E-state index < -0.39 is 0 Å². The van der Waals surface area contributed by atoms with E-state index in [0.717, 1.165) is 57.2 Å². The van der Waals surface area contributed by atoms with Gasteiger partial charge < -0.3 is 4.90 Å². The molecule has 0 radical (unpaired) electrons. The molecule has 0 amide bonds. The summed E-state index contributed by atoms with van der Waals surface area (Å²) in [5.74, 6) is 1.76. The maximum Gasteiger partial charge on any atom is 0.254 e. The van der Waals surface area contributed by atoms with Gasteiger partial charge in [-0.15, -0.1) is 0 Å². The SMILES string of the molecule is Cc1cc(N2CCN(CCCn3cccn3)CC2)n2ncnc2n1. The molecule has 0 bridgehead atoms. The second-order valence-electron chi connectivity index (χ2n) is 6.18. The molecule has 0 saturated carbocycles. The summed E-state index contributed by atoms with van der Waals surface area (Å²) >= 11 is 0. The number of fused-ring (bicyclic) bond motifs is 1. The van der Waals surface area contributed by atoms with Crippen LogP contribution in [0.2, 0.25) is 0 Å². The lowest BCUT2D eigenvalue weighted by Gasteiger charge is -2.35. The normalized spacial score (nSPS) is 16.1. The third-order valence-electron chi connectivity index (χ3n) is 4.48. The van der Waals surface area contributed by atoms with E-state index >= 15 is 0 Å². The van der Waals surface area contributed by atoms with E-state index in [1.165, 1.54) is 0 Å². The van der Waals surface area contributed by atoms with E-state index in [-0.39, 0.29) is 0 Å². The molecule has 0 aromatic carbocycles. The summed E-state index contributed by atoms with van der Waals surface area (Å²) in [6.45, 7) is 8.23. The first-order valence-electron chi connectivity index (χ1n) is 8.42. The quantitative estimate of drug-likeness (QED) is 0.692. The number of anilines is 1. The maximum absolute atomic E-state index is 4.41. The topological polar surface area (TPSA) is 67.4 Å². The van der Waals surface area contributed by atoms with Gasteiger partial charge >= 0.3 is 0 Å². The van der Waals surface area contributed by atoms with Crippen molar-refractivity contribution in [1.29, 1.82) is 0 Å². The summed E-state index contributed by atoms with van der Waals surface area (Å²) in [7, 11) is 0. The second-order valence-corrected chi connectivity index (χ2v) is 6.18. The van der Waals surface area contributed by atoms with Gasteiger partial charge in [0.2, 0.25) is 0 Å². The van der Waals surface area contributed by atoms with Gasteiger partial charge in [-0.1, -0.05) is 0 Å². The van der Waals surface area contributed by atoms with E-state index in [1.54, 1.807) is 6.33 Å². The molecule has 4 rings (SSSR count). The predicted molar refractivity (Wildman–Crippen MR) is 91.0 cm³/mol. The molecule has 3 aromatic rings. The molecule has 1 aliphatic heterocycles. The van der Waals surface area contributed by atoms with Gasteiger partial charge in [0.1, 0.15) is 12.1 Å². The van der Waals surface area contributed by atoms with Crippen molar-refractivity contribution in [2.24, 2.45) is 0 Å². The zero-order chi connectivity index (χ0) is 16.4. The number of rotatable bonds is 5. The van der Waals surface area contributed by atoms with Crippen LogP contribution in [0.4, 0.5) is 5.82 Å². The Bertz CT molecular complexity index is 786. The van der Waals surface area contributed by atoms with E-state index in [1.807, 2.05) is 34.6 Å². The molecule has 0 atom stereocenters. The Morgan fingerprint density at radius 3 is 2.75 bits per heavy atom. The van der Waals surface area contributed by atoms with E-state index in [4.69, 9.17) is 0 Å². The Kier molecular flexibility index (Phi) is 4.12. The maximum atomic E-state index is 4.41. The molecule has 3 aromatic heterocycles. The van der Waals surface area contributed by atoms with Crippen LogP contribution >= 0.6 is 0 Å². The molecule has 0 N–H and O–H groups in total. The fraction of sp³-hybridized carbons (Fsp3) is 0.500. The summed E-state index contributed by atoms with van der Waals surface area (Å²) in [5.41, 5.74) is 0.979. The van der Waals surface area contributed by atoms with E-state index in [0.29, 0.717) is 5.78 Å². The molecule has 8 nitrogen and oxygen atoms in total. The van der Waals surface area contributed by atoms with Crippen molar-refractivity contribution in [3.8, 4) is 0 Å². The molecular formula is C16H22N8. The highest BCUT2D eigenvalue weighted by Crippen LogP contribution is 2.17.